The van der Waals surface area contributed by atoms with E-state index in [4.69, 9.17) is 9.47 Å². The molecular formula is C21H28N2O4. The summed E-state index contributed by atoms with van der Waals surface area (Å²) in [6.07, 6.45) is 5.85. The van der Waals surface area contributed by atoms with Gasteiger partial charge in [0.2, 0.25) is 5.91 Å². The van der Waals surface area contributed by atoms with Crippen LogP contribution in [0.2, 0.25) is 0 Å². The van der Waals surface area contributed by atoms with Gasteiger partial charge < -0.3 is 19.7 Å². The number of carbonyl (C=O) groups excluding carboxylic acids is 2. The molecule has 0 radical (unpaired) electrons. The molecule has 3 fully saturated rings. The van der Waals surface area contributed by atoms with Crippen molar-refractivity contribution in [2.24, 2.45) is 17.8 Å². The van der Waals surface area contributed by atoms with E-state index in [0.717, 1.165) is 17.5 Å². The molecule has 146 valence electrons. The molecule has 6 heteroatoms. The van der Waals surface area contributed by atoms with Gasteiger partial charge in [-0.25, -0.2) is 0 Å². The van der Waals surface area contributed by atoms with Crippen molar-refractivity contribution < 1.29 is 19.1 Å². The van der Waals surface area contributed by atoms with Gasteiger partial charge in [-0.15, -0.1) is 0 Å². The lowest BCUT2D eigenvalue weighted by Gasteiger charge is -2.26. The first-order valence-corrected chi connectivity index (χ1v) is 10.1. The molecule has 1 N–H and O–H groups in total. The second-order valence-corrected chi connectivity index (χ2v) is 7.99. The molecule has 1 aromatic carbocycles. The van der Waals surface area contributed by atoms with E-state index in [2.05, 4.69) is 5.32 Å². The highest BCUT2D eigenvalue weighted by Crippen LogP contribution is 2.49. The Hall–Kier alpha value is -2.08. The first-order valence-electron chi connectivity index (χ1n) is 10.1. The smallest absolute Gasteiger partial charge is 0.260 e. The number of benzene rings is 1. The fourth-order valence-electron chi connectivity index (χ4n) is 4.76. The first-order chi connectivity index (χ1) is 13.2. The zero-order chi connectivity index (χ0) is 18.6. The SMILES string of the molecule is O=C(C[C@H]1C[C@H]2CC[C@@H]1C2)Nc1ccc(OCC(=O)N2CCOCC2)cc1. The molecule has 1 heterocycles. The van der Waals surface area contributed by atoms with E-state index in [9.17, 15) is 9.59 Å². The number of ether oxygens (including phenoxy) is 2. The number of morpholine rings is 1. The molecule has 3 atom stereocenters. The standard InChI is InChI=1S/C21H28N2O4/c24-20(13-17-12-15-1-2-16(17)11-15)22-18-3-5-19(6-4-18)27-14-21(25)23-7-9-26-10-8-23/h3-6,15-17H,1-2,7-14H2,(H,22,24)/t15-,16+,17+/m0/s1. The summed E-state index contributed by atoms with van der Waals surface area (Å²) in [5, 5.41) is 2.99. The van der Waals surface area contributed by atoms with Crippen molar-refractivity contribution in [1.29, 1.82) is 0 Å². The van der Waals surface area contributed by atoms with Gasteiger partial charge in [-0.05, 0) is 61.3 Å². The van der Waals surface area contributed by atoms with Crippen LogP contribution in [0.5, 0.6) is 5.75 Å². The zero-order valence-electron chi connectivity index (χ0n) is 15.7. The highest BCUT2D eigenvalue weighted by atomic mass is 16.5. The first kappa shape index (κ1) is 18.3. The van der Waals surface area contributed by atoms with Gasteiger partial charge in [0.05, 0.1) is 13.2 Å². The maximum Gasteiger partial charge on any atom is 0.260 e. The number of amides is 2. The number of hydrogen-bond acceptors (Lipinski definition) is 4. The normalized spacial score (nSPS) is 26.8. The summed E-state index contributed by atoms with van der Waals surface area (Å²) in [4.78, 5) is 26.2. The number of anilines is 1. The maximum atomic E-state index is 12.3. The quantitative estimate of drug-likeness (QED) is 0.834. The van der Waals surface area contributed by atoms with Crippen molar-refractivity contribution in [2.45, 2.75) is 32.1 Å². The van der Waals surface area contributed by atoms with E-state index in [1.165, 1.54) is 25.7 Å². The Morgan fingerprint density at radius 2 is 1.89 bits per heavy atom. The second kappa shape index (κ2) is 8.30. The van der Waals surface area contributed by atoms with Crippen molar-refractivity contribution >= 4 is 17.5 Å². The molecule has 1 aliphatic heterocycles. The summed E-state index contributed by atoms with van der Waals surface area (Å²) >= 11 is 0. The van der Waals surface area contributed by atoms with Crippen molar-refractivity contribution in [3.63, 3.8) is 0 Å². The summed E-state index contributed by atoms with van der Waals surface area (Å²) in [5.41, 5.74) is 0.773. The van der Waals surface area contributed by atoms with Gasteiger partial charge in [0.25, 0.3) is 5.91 Å². The zero-order valence-corrected chi connectivity index (χ0v) is 15.7. The molecule has 6 nitrogen and oxygen atoms in total. The number of nitrogens with zero attached hydrogens (tertiary/aromatic N) is 1. The molecule has 4 rings (SSSR count). The Balaban J connectivity index is 1.21. The van der Waals surface area contributed by atoms with Crippen LogP contribution in [0.1, 0.15) is 32.1 Å². The third-order valence-corrected chi connectivity index (χ3v) is 6.20. The third kappa shape index (κ3) is 4.61. The van der Waals surface area contributed by atoms with Crippen molar-refractivity contribution in [1.82, 2.24) is 4.90 Å². The molecule has 2 amide bonds. The van der Waals surface area contributed by atoms with Crippen LogP contribution >= 0.6 is 0 Å². The second-order valence-electron chi connectivity index (χ2n) is 7.99. The van der Waals surface area contributed by atoms with Crippen LogP contribution < -0.4 is 10.1 Å². The molecule has 2 aliphatic carbocycles. The number of rotatable bonds is 6. The van der Waals surface area contributed by atoms with Crippen molar-refractivity contribution in [3.8, 4) is 5.75 Å². The lowest BCUT2D eigenvalue weighted by atomic mass is 9.86. The van der Waals surface area contributed by atoms with Gasteiger partial charge in [0.1, 0.15) is 5.75 Å². The Morgan fingerprint density at radius 1 is 1.11 bits per heavy atom. The van der Waals surface area contributed by atoms with Crippen LogP contribution in [0.25, 0.3) is 0 Å². The van der Waals surface area contributed by atoms with E-state index >= 15 is 0 Å². The molecule has 1 aromatic rings. The van der Waals surface area contributed by atoms with Crippen LogP contribution in [0.15, 0.2) is 24.3 Å². The predicted molar refractivity (Wildman–Crippen MR) is 102 cm³/mol. The van der Waals surface area contributed by atoms with Gasteiger partial charge in [-0.2, -0.15) is 0 Å². The Labute approximate surface area is 160 Å². The number of carbonyl (C=O) groups is 2. The van der Waals surface area contributed by atoms with Gasteiger partial charge in [-0.1, -0.05) is 6.42 Å². The van der Waals surface area contributed by atoms with Gasteiger partial charge in [0, 0.05) is 25.2 Å². The Kier molecular flexibility index (Phi) is 5.62. The molecule has 27 heavy (non-hydrogen) atoms. The van der Waals surface area contributed by atoms with E-state index in [0.29, 0.717) is 44.4 Å². The summed E-state index contributed by atoms with van der Waals surface area (Å²) in [6.45, 7) is 2.44. The molecule has 0 unspecified atom stereocenters. The highest BCUT2D eigenvalue weighted by Gasteiger charge is 2.40. The number of fused-ring (bicyclic) bond motifs is 2. The third-order valence-electron chi connectivity index (χ3n) is 6.20. The van der Waals surface area contributed by atoms with Crippen LogP contribution in [0.3, 0.4) is 0 Å². The predicted octanol–water partition coefficient (Wildman–Crippen LogP) is 2.69. The average molecular weight is 372 g/mol. The van der Waals surface area contributed by atoms with E-state index in [1.807, 2.05) is 12.1 Å². The van der Waals surface area contributed by atoms with E-state index in [-0.39, 0.29) is 18.4 Å². The molecule has 2 saturated carbocycles. The van der Waals surface area contributed by atoms with Crippen LogP contribution in [0.4, 0.5) is 5.69 Å². The summed E-state index contributed by atoms with van der Waals surface area (Å²) in [5.74, 6) is 2.90. The number of nitrogens with one attached hydrogen (secondary N) is 1. The largest absolute Gasteiger partial charge is 0.484 e. The lowest BCUT2D eigenvalue weighted by Crippen LogP contribution is -2.42. The van der Waals surface area contributed by atoms with E-state index in [1.54, 1.807) is 17.0 Å². The monoisotopic (exact) mass is 372 g/mol. The van der Waals surface area contributed by atoms with Crippen LogP contribution in [-0.2, 0) is 14.3 Å². The van der Waals surface area contributed by atoms with Crippen molar-refractivity contribution in [3.05, 3.63) is 24.3 Å². The van der Waals surface area contributed by atoms with Crippen LogP contribution in [-0.4, -0.2) is 49.6 Å². The minimum absolute atomic E-state index is 0.0238. The lowest BCUT2D eigenvalue weighted by molar-refractivity contribution is -0.137. The summed E-state index contributed by atoms with van der Waals surface area (Å²) < 4.78 is 10.8. The molecule has 0 aromatic heterocycles. The maximum absolute atomic E-state index is 12.3. The Bertz CT molecular complexity index is 669. The number of hydrogen-bond donors (Lipinski definition) is 1. The molecule has 0 spiro atoms. The van der Waals surface area contributed by atoms with Gasteiger partial charge >= 0.3 is 0 Å². The van der Waals surface area contributed by atoms with Gasteiger partial charge in [0.15, 0.2) is 6.61 Å². The minimum atomic E-state index is -0.0264. The fourth-order valence-corrected chi connectivity index (χ4v) is 4.76. The Morgan fingerprint density at radius 3 is 2.56 bits per heavy atom. The van der Waals surface area contributed by atoms with Crippen molar-refractivity contribution in [2.75, 3.05) is 38.2 Å². The van der Waals surface area contributed by atoms with E-state index < -0.39 is 0 Å². The fraction of sp³-hybridized carbons (Fsp3) is 0.619. The van der Waals surface area contributed by atoms with Crippen LogP contribution in [0, 0.1) is 17.8 Å². The topological polar surface area (TPSA) is 67.9 Å². The molecule has 2 bridgehead atoms. The average Bonchev–Trinajstić information content (AvgIpc) is 3.31. The molecule has 3 aliphatic rings. The summed E-state index contributed by atoms with van der Waals surface area (Å²) in [6, 6.07) is 7.24. The minimum Gasteiger partial charge on any atom is -0.484 e. The molecule has 1 saturated heterocycles. The summed E-state index contributed by atoms with van der Waals surface area (Å²) in [7, 11) is 0. The highest BCUT2D eigenvalue weighted by molar-refractivity contribution is 5.91. The molecular weight excluding hydrogens is 344 g/mol. The van der Waals surface area contributed by atoms with Gasteiger partial charge in [-0.3, -0.25) is 9.59 Å².